The summed E-state index contributed by atoms with van der Waals surface area (Å²) in [7, 11) is 6.79. The van der Waals surface area contributed by atoms with E-state index >= 15 is 0 Å². The molecule has 0 aromatic carbocycles. The summed E-state index contributed by atoms with van der Waals surface area (Å²) >= 11 is 0. The predicted octanol–water partition coefficient (Wildman–Crippen LogP) is 2.20. The molecule has 0 fully saturated rings. The molecule has 0 saturated heterocycles. The second-order valence-electron chi connectivity index (χ2n) is 5.55. The zero-order chi connectivity index (χ0) is 13.7. The molecule has 3 heteroatoms. The Bertz CT molecular complexity index is 174. The van der Waals surface area contributed by atoms with E-state index in [9.17, 15) is 9.90 Å². The van der Waals surface area contributed by atoms with Gasteiger partial charge in [0.05, 0.1) is 27.7 Å². The molecule has 0 aromatic rings. The Morgan fingerprint density at radius 2 is 1.47 bits per heavy atom. The summed E-state index contributed by atoms with van der Waals surface area (Å²) in [5.41, 5.74) is 0. The number of carbonyl (C=O) groups excluding carboxylic acids is 1. The third-order valence-corrected chi connectivity index (χ3v) is 2.39. The summed E-state index contributed by atoms with van der Waals surface area (Å²) in [6.45, 7) is 5.39. The molecule has 0 N–H and O–H groups in total. The molecule has 0 radical (unpaired) electrons. The molecule has 104 valence electrons. The highest BCUT2D eigenvalue weighted by Crippen LogP contribution is 2.04. The van der Waals surface area contributed by atoms with E-state index in [-0.39, 0.29) is 6.42 Å². The zero-order valence-corrected chi connectivity index (χ0v) is 12.4. The van der Waals surface area contributed by atoms with E-state index < -0.39 is 5.97 Å². The monoisotopic (exact) mass is 245 g/mol. The Labute approximate surface area is 107 Å². The van der Waals surface area contributed by atoms with Gasteiger partial charge in [-0.2, -0.15) is 0 Å². The first-order chi connectivity index (χ1) is 7.83. The van der Waals surface area contributed by atoms with Gasteiger partial charge in [-0.05, 0) is 19.3 Å². The van der Waals surface area contributed by atoms with Crippen LogP contribution in [0.4, 0.5) is 0 Å². The van der Waals surface area contributed by atoms with Crippen molar-refractivity contribution in [1.29, 1.82) is 0 Å². The van der Waals surface area contributed by atoms with Crippen LogP contribution in [0.15, 0.2) is 0 Å². The Morgan fingerprint density at radius 3 is 1.76 bits per heavy atom. The number of unbranched alkanes of at least 4 members (excludes halogenated alkanes) is 4. The third-order valence-electron chi connectivity index (χ3n) is 2.39. The fourth-order valence-corrected chi connectivity index (χ4v) is 1.39. The highest BCUT2D eigenvalue weighted by Gasteiger charge is 2.04. The van der Waals surface area contributed by atoms with Crippen molar-refractivity contribution in [1.82, 2.24) is 0 Å². The number of carboxylic acid groups (broad SMARTS) is 1. The lowest BCUT2D eigenvalue weighted by molar-refractivity contribution is -0.870. The van der Waals surface area contributed by atoms with Crippen LogP contribution in [-0.2, 0) is 4.79 Å². The van der Waals surface area contributed by atoms with Gasteiger partial charge in [-0.1, -0.05) is 39.5 Å². The molecule has 0 bridgehead atoms. The van der Waals surface area contributed by atoms with Gasteiger partial charge in [0.15, 0.2) is 0 Å². The first-order valence-electron chi connectivity index (χ1n) is 6.83. The number of carbonyl (C=O) groups is 1. The molecule has 0 aliphatic heterocycles. The molecule has 0 spiro atoms. The van der Waals surface area contributed by atoms with Crippen molar-refractivity contribution in [3.63, 3.8) is 0 Å². The average Bonchev–Trinajstić information content (AvgIpc) is 2.16. The van der Waals surface area contributed by atoms with Gasteiger partial charge < -0.3 is 14.4 Å². The number of hydrogen-bond acceptors (Lipinski definition) is 2. The molecule has 0 unspecified atom stereocenters. The molecule has 0 aliphatic rings. The summed E-state index contributed by atoms with van der Waals surface area (Å²) < 4.78 is 1.12. The minimum absolute atomic E-state index is 0.181. The third kappa shape index (κ3) is 25.6. The second kappa shape index (κ2) is 11.9. The van der Waals surface area contributed by atoms with E-state index in [0.717, 1.165) is 4.48 Å². The van der Waals surface area contributed by atoms with E-state index in [1.165, 1.54) is 38.6 Å². The van der Waals surface area contributed by atoms with Crippen molar-refractivity contribution in [2.75, 3.05) is 27.7 Å². The summed E-state index contributed by atoms with van der Waals surface area (Å²) in [6, 6.07) is 0. The van der Waals surface area contributed by atoms with E-state index in [1.807, 2.05) is 0 Å². The van der Waals surface area contributed by atoms with Crippen molar-refractivity contribution >= 4 is 5.97 Å². The SMILES string of the molecule is CCCC(=O)[O-].CCCCCCC[N+](C)(C)C. The summed E-state index contributed by atoms with van der Waals surface area (Å²) in [6.07, 6.45) is 7.85. The van der Waals surface area contributed by atoms with Crippen LogP contribution in [0.2, 0.25) is 0 Å². The number of nitrogens with zero attached hydrogens (tertiary/aromatic N) is 1. The molecular formula is C14H31NO2. The lowest BCUT2D eigenvalue weighted by atomic mass is 10.1. The Hall–Kier alpha value is -0.570. The van der Waals surface area contributed by atoms with E-state index in [2.05, 4.69) is 28.1 Å². The fourth-order valence-electron chi connectivity index (χ4n) is 1.39. The molecular weight excluding hydrogens is 214 g/mol. The highest BCUT2D eigenvalue weighted by molar-refractivity contribution is 5.63. The van der Waals surface area contributed by atoms with Gasteiger partial charge in [-0.15, -0.1) is 0 Å². The Balaban J connectivity index is 0. The van der Waals surface area contributed by atoms with Crippen LogP contribution in [0.3, 0.4) is 0 Å². The molecule has 0 amide bonds. The molecule has 0 saturated carbocycles. The van der Waals surface area contributed by atoms with Gasteiger partial charge in [0.25, 0.3) is 0 Å². The molecule has 17 heavy (non-hydrogen) atoms. The maximum Gasteiger partial charge on any atom is 0.0780 e. The number of aliphatic carboxylic acids is 1. The van der Waals surface area contributed by atoms with Gasteiger partial charge in [0, 0.05) is 5.97 Å². The molecule has 0 aromatic heterocycles. The van der Waals surface area contributed by atoms with Gasteiger partial charge in [0.1, 0.15) is 0 Å². The average molecular weight is 245 g/mol. The molecule has 0 aliphatic carbocycles. The minimum Gasteiger partial charge on any atom is -0.550 e. The number of hydrogen-bond donors (Lipinski definition) is 0. The Morgan fingerprint density at radius 1 is 0.941 bits per heavy atom. The number of carboxylic acids is 1. The topological polar surface area (TPSA) is 40.1 Å². The smallest absolute Gasteiger partial charge is 0.0780 e. The normalized spacial score (nSPS) is 10.6. The van der Waals surface area contributed by atoms with E-state index in [4.69, 9.17) is 0 Å². The standard InChI is InChI=1S/C10H24N.C4H8O2/c1-5-6-7-8-9-10-11(2,3)4;1-2-3-4(5)6/h5-10H2,1-4H3;2-3H2,1H3,(H,5,6)/q+1;/p-1. The van der Waals surface area contributed by atoms with Crippen LogP contribution >= 0.6 is 0 Å². The summed E-state index contributed by atoms with van der Waals surface area (Å²) in [4.78, 5) is 9.49. The van der Waals surface area contributed by atoms with Crippen molar-refractivity contribution in [2.45, 2.75) is 58.8 Å². The maximum atomic E-state index is 9.49. The van der Waals surface area contributed by atoms with Crippen LogP contribution in [-0.4, -0.2) is 38.1 Å². The highest BCUT2D eigenvalue weighted by atomic mass is 16.4. The van der Waals surface area contributed by atoms with Gasteiger partial charge in [-0.25, -0.2) is 0 Å². The lowest BCUT2D eigenvalue weighted by Gasteiger charge is -2.23. The summed E-state index contributed by atoms with van der Waals surface area (Å²) in [5, 5.41) is 9.49. The van der Waals surface area contributed by atoms with Crippen LogP contribution < -0.4 is 5.11 Å². The molecule has 0 atom stereocenters. The summed E-state index contributed by atoms with van der Waals surface area (Å²) in [5.74, 6) is -0.961. The minimum atomic E-state index is -0.961. The van der Waals surface area contributed by atoms with E-state index in [0.29, 0.717) is 6.42 Å². The van der Waals surface area contributed by atoms with Gasteiger partial charge >= 0.3 is 0 Å². The van der Waals surface area contributed by atoms with Crippen LogP contribution in [0.25, 0.3) is 0 Å². The van der Waals surface area contributed by atoms with Gasteiger partial charge in [0.2, 0.25) is 0 Å². The Kier molecular flexibility index (Phi) is 13.2. The van der Waals surface area contributed by atoms with Crippen molar-refractivity contribution in [3.05, 3.63) is 0 Å². The molecule has 3 nitrogen and oxygen atoms in total. The van der Waals surface area contributed by atoms with Crippen LogP contribution in [0, 0.1) is 0 Å². The van der Waals surface area contributed by atoms with Crippen molar-refractivity contribution < 1.29 is 14.4 Å². The first-order valence-corrected chi connectivity index (χ1v) is 6.83. The lowest BCUT2D eigenvalue weighted by Crippen LogP contribution is -2.35. The predicted molar refractivity (Wildman–Crippen MR) is 71.6 cm³/mol. The first kappa shape index (κ1) is 18.8. The van der Waals surface area contributed by atoms with E-state index in [1.54, 1.807) is 6.92 Å². The van der Waals surface area contributed by atoms with Crippen LogP contribution in [0.5, 0.6) is 0 Å². The fraction of sp³-hybridized carbons (Fsp3) is 0.929. The second-order valence-corrected chi connectivity index (χ2v) is 5.55. The van der Waals surface area contributed by atoms with Crippen LogP contribution in [0.1, 0.15) is 58.8 Å². The zero-order valence-electron chi connectivity index (χ0n) is 12.4. The largest absolute Gasteiger partial charge is 0.550 e. The number of rotatable bonds is 8. The molecule has 0 rings (SSSR count). The number of quaternary nitrogens is 1. The van der Waals surface area contributed by atoms with Crippen molar-refractivity contribution in [3.8, 4) is 0 Å². The maximum absolute atomic E-state index is 9.49. The quantitative estimate of drug-likeness (QED) is 0.486. The van der Waals surface area contributed by atoms with Gasteiger partial charge in [-0.3, -0.25) is 0 Å². The van der Waals surface area contributed by atoms with Crippen molar-refractivity contribution in [2.24, 2.45) is 0 Å². The molecule has 0 heterocycles.